The molecule has 3 nitrogen and oxygen atoms in total. The maximum atomic E-state index is 5.60. The van der Waals surface area contributed by atoms with E-state index in [4.69, 9.17) is 10.5 Å². The van der Waals surface area contributed by atoms with Crippen LogP contribution in [0.25, 0.3) is 0 Å². The van der Waals surface area contributed by atoms with Crippen molar-refractivity contribution in [1.29, 1.82) is 0 Å². The maximum absolute atomic E-state index is 5.60. The Bertz CT molecular complexity index is 151. The Hall–Kier alpha value is -0.570. The van der Waals surface area contributed by atoms with Crippen LogP contribution in [0.4, 0.5) is 0 Å². The molecule has 1 aliphatic rings. The van der Waals surface area contributed by atoms with Gasteiger partial charge in [0.25, 0.3) is 0 Å². The van der Waals surface area contributed by atoms with E-state index in [1.807, 2.05) is 6.92 Å². The summed E-state index contributed by atoms with van der Waals surface area (Å²) in [6, 6.07) is 0. The first-order chi connectivity index (χ1) is 5.83. The van der Waals surface area contributed by atoms with E-state index < -0.39 is 0 Å². The number of hydrogen-bond donors (Lipinski definition) is 1. The minimum absolute atomic E-state index is 0.601. The molecular weight excluding hydrogens is 152 g/mol. The molecule has 12 heavy (non-hydrogen) atoms. The maximum Gasteiger partial charge on any atom is 0.0934 e. The van der Waals surface area contributed by atoms with Gasteiger partial charge in [0.05, 0.1) is 12.4 Å². The van der Waals surface area contributed by atoms with Gasteiger partial charge in [0, 0.05) is 25.5 Å². The van der Waals surface area contributed by atoms with Gasteiger partial charge in [-0.1, -0.05) is 6.92 Å². The highest BCUT2D eigenvalue weighted by atomic mass is 16.5. The smallest absolute Gasteiger partial charge is 0.0934 e. The second-order valence-electron chi connectivity index (χ2n) is 3.27. The van der Waals surface area contributed by atoms with E-state index in [0.29, 0.717) is 5.92 Å². The first-order valence-corrected chi connectivity index (χ1v) is 4.69. The third-order valence-corrected chi connectivity index (χ3v) is 2.17. The molecule has 0 spiro atoms. The van der Waals surface area contributed by atoms with Gasteiger partial charge in [-0.3, -0.25) is 4.99 Å². The minimum Gasteiger partial charge on any atom is -0.387 e. The summed E-state index contributed by atoms with van der Waals surface area (Å²) in [6.45, 7) is 4.65. The lowest BCUT2D eigenvalue weighted by atomic mass is 10.0. The molecule has 0 amide bonds. The quantitative estimate of drug-likeness (QED) is 0.510. The van der Waals surface area contributed by atoms with E-state index >= 15 is 0 Å². The Balaban J connectivity index is 2.21. The van der Waals surface area contributed by atoms with Crippen LogP contribution in [0.3, 0.4) is 0 Å². The van der Waals surface area contributed by atoms with Crippen LogP contribution in [0.15, 0.2) is 4.99 Å². The molecule has 0 aromatic heterocycles. The van der Waals surface area contributed by atoms with Crippen molar-refractivity contribution in [1.82, 2.24) is 0 Å². The Morgan fingerprint density at radius 2 is 2.50 bits per heavy atom. The molecular formula is C9H18N2O. The second-order valence-corrected chi connectivity index (χ2v) is 3.27. The van der Waals surface area contributed by atoms with E-state index in [0.717, 1.165) is 32.0 Å². The van der Waals surface area contributed by atoms with E-state index in [2.05, 4.69) is 4.99 Å². The Kier molecular flexibility index (Phi) is 4.08. The highest BCUT2D eigenvalue weighted by Gasteiger charge is 2.12. The number of nitrogens with two attached hydrogens (primary N) is 1. The lowest BCUT2D eigenvalue weighted by molar-refractivity contribution is 0.0582. The molecule has 1 aliphatic heterocycles. The topological polar surface area (TPSA) is 47.6 Å². The van der Waals surface area contributed by atoms with E-state index in [-0.39, 0.29) is 0 Å². The number of ether oxygens (including phenoxy) is 1. The van der Waals surface area contributed by atoms with Gasteiger partial charge in [-0.25, -0.2) is 0 Å². The van der Waals surface area contributed by atoms with E-state index in [1.165, 1.54) is 12.8 Å². The summed E-state index contributed by atoms with van der Waals surface area (Å²) in [5.74, 6) is 1.37. The molecule has 1 atom stereocenters. The van der Waals surface area contributed by atoms with Crippen molar-refractivity contribution in [3.63, 3.8) is 0 Å². The van der Waals surface area contributed by atoms with Crippen LogP contribution in [0, 0.1) is 5.92 Å². The fourth-order valence-corrected chi connectivity index (χ4v) is 1.31. The lowest BCUT2D eigenvalue weighted by Gasteiger charge is -2.20. The summed E-state index contributed by atoms with van der Waals surface area (Å²) in [5, 5.41) is 0. The zero-order valence-corrected chi connectivity index (χ0v) is 7.75. The minimum atomic E-state index is 0.601. The average Bonchev–Trinajstić information content (AvgIpc) is 2.16. The molecule has 1 heterocycles. The second kappa shape index (κ2) is 5.14. The van der Waals surface area contributed by atoms with Gasteiger partial charge in [0.15, 0.2) is 0 Å². The molecule has 2 N–H and O–H groups in total. The third-order valence-electron chi connectivity index (χ3n) is 2.17. The van der Waals surface area contributed by atoms with Gasteiger partial charge in [-0.15, -0.1) is 0 Å². The normalized spacial score (nSPS) is 25.8. The molecule has 0 aliphatic carbocycles. The number of rotatable bonds is 3. The molecule has 0 radical (unpaired) electrons. The van der Waals surface area contributed by atoms with Crippen LogP contribution in [0.5, 0.6) is 0 Å². The molecule has 1 saturated heterocycles. The van der Waals surface area contributed by atoms with Gasteiger partial charge in [0.2, 0.25) is 0 Å². The molecule has 1 fully saturated rings. The first-order valence-electron chi connectivity index (χ1n) is 4.69. The largest absolute Gasteiger partial charge is 0.387 e. The Labute approximate surface area is 74.0 Å². The molecule has 3 heteroatoms. The number of hydrogen-bond acceptors (Lipinski definition) is 2. The van der Waals surface area contributed by atoms with Crippen molar-refractivity contribution in [3.05, 3.63) is 0 Å². The van der Waals surface area contributed by atoms with Crippen molar-refractivity contribution < 1.29 is 4.74 Å². The van der Waals surface area contributed by atoms with E-state index in [9.17, 15) is 0 Å². The van der Waals surface area contributed by atoms with Crippen LogP contribution < -0.4 is 5.73 Å². The highest BCUT2D eigenvalue weighted by molar-refractivity contribution is 5.79. The predicted molar refractivity (Wildman–Crippen MR) is 50.3 cm³/mol. The van der Waals surface area contributed by atoms with Crippen LogP contribution in [-0.4, -0.2) is 25.6 Å². The Morgan fingerprint density at radius 1 is 1.67 bits per heavy atom. The van der Waals surface area contributed by atoms with Crippen LogP contribution in [0.1, 0.15) is 26.2 Å². The van der Waals surface area contributed by atoms with Crippen molar-refractivity contribution in [3.8, 4) is 0 Å². The summed E-state index contributed by atoms with van der Waals surface area (Å²) in [6.07, 6.45) is 3.26. The predicted octanol–water partition coefficient (Wildman–Crippen LogP) is 1.18. The summed E-state index contributed by atoms with van der Waals surface area (Å²) < 4.78 is 5.34. The fourth-order valence-electron chi connectivity index (χ4n) is 1.31. The van der Waals surface area contributed by atoms with Gasteiger partial charge in [-0.2, -0.15) is 0 Å². The zero-order valence-electron chi connectivity index (χ0n) is 7.75. The first kappa shape index (κ1) is 9.52. The molecule has 0 aromatic carbocycles. The summed E-state index contributed by atoms with van der Waals surface area (Å²) in [7, 11) is 0. The molecule has 0 bridgehead atoms. The average molecular weight is 170 g/mol. The highest BCUT2D eigenvalue weighted by Crippen LogP contribution is 2.13. The number of aliphatic imine (C=N–C) groups is 1. The number of nitrogens with zero attached hydrogens (tertiary/aromatic N) is 1. The monoisotopic (exact) mass is 170 g/mol. The molecule has 1 unspecified atom stereocenters. The van der Waals surface area contributed by atoms with Gasteiger partial charge in [-0.05, 0) is 12.8 Å². The van der Waals surface area contributed by atoms with Gasteiger partial charge < -0.3 is 10.5 Å². The van der Waals surface area contributed by atoms with Crippen LogP contribution in [0.2, 0.25) is 0 Å². The van der Waals surface area contributed by atoms with Crippen molar-refractivity contribution >= 4 is 5.84 Å². The zero-order chi connectivity index (χ0) is 8.81. The van der Waals surface area contributed by atoms with Gasteiger partial charge in [0.1, 0.15) is 0 Å². The summed E-state index contributed by atoms with van der Waals surface area (Å²) in [4.78, 5) is 4.28. The third kappa shape index (κ3) is 3.22. The SMILES string of the molecule is CCC(N)=NCC1CCCOC1. The van der Waals surface area contributed by atoms with Crippen molar-refractivity contribution in [2.75, 3.05) is 19.8 Å². The lowest BCUT2D eigenvalue weighted by Crippen LogP contribution is -2.21. The fraction of sp³-hybridized carbons (Fsp3) is 0.889. The molecule has 70 valence electrons. The Morgan fingerprint density at radius 3 is 3.08 bits per heavy atom. The standard InChI is InChI=1S/C9H18N2O/c1-2-9(10)11-6-8-4-3-5-12-7-8/h8H,2-7H2,1H3,(H2,10,11). The molecule has 0 aromatic rings. The van der Waals surface area contributed by atoms with Crippen molar-refractivity contribution in [2.24, 2.45) is 16.6 Å². The molecule has 1 rings (SSSR count). The van der Waals surface area contributed by atoms with Crippen LogP contribution >= 0.6 is 0 Å². The number of amidine groups is 1. The summed E-state index contributed by atoms with van der Waals surface area (Å²) >= 11 is 0. The molecule has 0 saturated carbocycles. The van der Waals surface area contributed by atoms with Crippen molar-refractivity contribution in [2.45, 2.75) is 26.2 Å². The van der Waals surface area contributed by atoms with Gasteiger partial charge >= 0.3 is 0 Å². The summed E-state index contributed by atoms with van der Waals surface area (Å²) in [5.41, 5.74) is 5.60. The van der Waals surface area contributed by atoms with E-state index in [1.54, 1.807) is 0 Å². The van der Waals surface area contributed by atoms with Crippen LogP contribution in [-0.2, 0) is 4.74 Å².